The number of H-pyrrole nitrogens is 1. The van der Waals surface area contributed by atoms with Crippen LogP contribution < -0.4 is 5.73 Å². The highest BCUT2D eigenvalue weighted by Gasteiger charge is 2.17. The van der Waals surface area contributed by atoms with Gasteiger partial charge in [0.05, 0.1) is 5.69 Å². The van der Waals surface area contributed by atoms with E-state index in [0.29, 0.717) is 0 Å². The number of nitrogens with one attached hydrogen (secondary N) is 1. The van der Waals surface area contributed by atoms with E-state index in [9.17, 15) is 0 Å². The van der Waals surface area contributed by atoms with Crippen LogP contribution in [0.4, 0.5) is 0 Å². The molecule has 0 bridgehead atoms. The lowest BCUT2D eigenvalue weighted by Crippen LogP contribution is -2.22. The summed E-state index contributed by atoms with van der Waals surface area (Å²) in [5, 5.41) is 3.90. The zero-order valence-electron chi connectivity index (χ0n) is 10.5. The third-order valence-electron chi connectivity index (χ3n) is 2.97. The van der Waals surface area contributed by atoms with Gasteiger partial charge in [0.1, 0.15) is 5.03 Å². The Bertz CT molecular complexity index is 655. The zero-order chi connectivity index (χ0) is 13.2. The molecule has 0 aliphatic rings. The molecule has 3 heterocycles. The Labute approximate surface area is 119 Å². The van der Waals surface area contributed by atoms with E-state index >= 15 is 0 Å². The van der Waals surface area contributed by atoms with Crippen LogP contribution in [0.25, 0.3) is 4.96 Å². The monoisotopic (exact) mass is 293 g/mol. The Kier molecular flexibility index (Phi) is 3.58. The number of aromatic amines is 1. The lowest BCUT2D eigenvalue weighted by molar-refractivity contribution is 0.627. The van der Waals surface area contributed by atoms with Crippen molar-refractivity contribution < 1.29 is 0 Å². The molecule has 0 saturated carbocycles. The van der Waals surface area contributed by atoms with Crippen molar-refractivity contribution >= 4 is 28.1 Å². The molecule has 1 atom stereocenters. The van der Waals surface area contributed by atoms with Gasteiger partial charge in [0.15, 0.2) is 10.1 Å². The summed E-state index contributed by atoms with van der Waals surface area (Å²) in [6, 6.07) is 0.163. The summed E-state index contributed by atoms with van der Waals surface area (Å²) in [7, 11) is 0. The molecule has 5 nitrogen and oxygen atoms in total. The minimum absolute atomic E-state index is 0.163. The van der Waals surface area contributed by atoms with Gasteiger partial charge in [-0.25, -0.2) is 9.97 Å². The fourth-order valence-electron chi connectivity index (χ4n) is 1.87. The van der Waals surface area contributed by atoms with E-state index in [4.69, 9.17) is 5.73 Å². The van der Waals surface area contributed by atoms with Crippen LogP contribution in [0.1, 0.15) is 19.0 Å². The number of fused-ring (bicyclic) bond motifs is 1. The summed E-state index contributed by atoms with van der Waals surface area (Å²) in [6.45, 7) is 2.11. The lowest BCUT2D eigenvalue weighted by Gasteiger charge is -2.08. The van der Waals surface area contributed by atoms with Crippen molar-refractivity contribution in [3.05, 3.63) is 29.7 Å². The van der Waals surface area contributed by atoms with Gasteiger partial charge in [0.2, 0.25) is 0 Å². The van der Waals surface area contributed by atoms with Crippen LogP contribution in [0.15, 0.2) is 34.2 Å². The average molecular weight is 293 g/mol. The number of hydrogen-bond acceptors (Lipinski definition) is 5. The highest BCUT2D eigenvalue weighted by molar-refractivity contribution is 7.99. The van der Waals surface area contributed by atoms with Gasteiger partial charge in [0, 0.05) is 36.4 Å². The fraction of sp³-hybridized carbons (Fsp3) is 0.333. The topological polar surface area (TPSA) is 72.0 Å². The largest absolute Gasteiger partial charge is 0.339 e. The van der Waals surface area contributed by atoms with E-state index in [1.165, 1.54) is 5.69 Å². The number of imidazole rings is 2. The quantitative estimate of drug-likeness (QED) is 0.758. The normalized spacial score (nSPS) is 13.2. The van der Waals surface area contributed by atoms with Crippen LogP contribution in [0, 0.1) is 0 Å². The molecule has 3 rings (SSSR count). The van der Waals surface area contributed by atoms with Crippen LogP contribution in [-0.2, 0) is 6.42 Å². The van der Waals surface area contributed by atoms with Crippen molar-refractivity contribution in [3.63, 3.8) is 0 Å². The molecule has 0 aromatic carbocycles. The van der Waals surface area contributed by atoms with Gasteiger partial charge < -0.3 is 10.7 Å². The molecule has 3 aromatic heterocycles. The van der Waals surface area contributed by atoms with Crippen molar-refractivity contribution in [2.24, 2.45) is 5.73 Å². The van der Waals surface area contributed by atoms with E-state index in [2.05, 4.69) is 32.5 Å². The SMILES string of the molecule is CCC(N)Cc1c(Sc2ncc[nH]2)nc2sccn12. The number of thiazole rings is 1. The summed E-state index contributed by atoms with van der Waals surface area (Å²) < 4.78 is 2.13. The minimum Gasteiger partial charge on any atom is -0.339 e. The second-order valence-electron chi connectivity index (χ2n) is 4.29. The molecule has 1 unspecified atom stereocenters. The second kappa shape index (κ2) is 5.36. The maximum absolute atomic E-state index is 6.10. The van der Waals surface area contributed by atoms with Gasteiger partial charge in [-0.15, -0.1) is 11.3 Å². The molecule has 0 radical (unpaired) electrons. The minimum atomic E-state index is 0.163. The molecule has 0 aliphatic heterocycles. The van der Waals surface area contributed by atoms with Gasteiger partial charge >= 0.3 is 0 Å². The van der Waals surface area contributed by atoms with Crippen molar-refractivity contribution in [2.45, 2.75) is 36.0 Å². The highest BCUT2D eigenvalue weighted by Crippen LogP contribution is 2.30. The predicted molar refractivity (Wildman–Crippen MR) is 77.8 cm³/mol. The lowest BCUT2D eigenvalue weighted by atomic mass is 10.1. The molecule has 3 N–H and O–H groups in total. The highest BCUT2D eigenvalue weighted by atomic mass is 32.2. The molecule has 0 amide bonds. The van der Waals surface area contributed by atoms with E-state index < -0.39 is 0 Å². The number of hydrogen-bond donors (Lipinski definition) is 2. The summed E-state index contributed by atoms with van der Waals surface area (Å²) in [5.74, 6) is 0. The maximum atomic E-state index is 6.10. The molecule has 0 saturated heterocycles. The summed E-state index contributed by atoms with van der Waals surface area (Å²) in [6.07, 6.45) is 7.41. The van der Waals surface area contributed by atoms with Crippen LogP contribution >= 0.6 is 23.1 Å². The summed E-state index contributed by atoms with van der Waals surface area (Å²) in [4.78, 5) is 13.0. The number of nitrogens with two attached hydrogens (primary N) is 1. The predicted octanol–water partition coefficient (Wildman–Crippen LogP) is 2.55. The van der Waals surface area contributed by atoms with E-state index in [0.717, 1.165) is 28.0 Å². The molecule has 3 aromatic rings. The van der Waals surface area contributed by atoms with Crippen molar-refractivity contribution in [3.8, 4) is 0 Å². The average Bonchev–Trinajstić information content (AvgIpc) is 3.10. The molecule has 7 heteroatoms. The third-order valence-corrected chi connectivity index (χ3v) is 4.66. The first-order valence-electron chi connectivity index (χ1n) is 6.15. The smallest absolute Gasteiger partial charge is 0.194 e. The van der Waals surface area contributed by atoms with Crippen LogP contribution in [0.3, 0.4) is 0 Å². The second-order valence-corrected chi connectivity index (χ2v) is 6.14. The molecule has 0 aliphatic carbocycles. The Balaban J connectivity index is 1.97. The Morgan fingerprint density at radius 1 is 1.58 bits per heavy atom. The number of rotatable bonds is 5. The maximum Gasteiger partial charge on any atom is 0.194 e. The number of nitrogens with zero attached hydrogens (tertiary/aromatic N) is 3. The van der Waals surface area contributed by atoms with Gasteiger partial charge in [-0.05, 0) is 18.2 Å². The van der Waals surface area contributed by atoms with Crippen LogP contribution in [0.2, 0.25) is 0 Å². The first-order valence-corrected chi connectivity index (χ1v) is 7.84. The Morgan fingerprint density at radius 3 is 3.21 bits per heavy atom. The summed E-state index contributed by atoms with van der Waals surface area (Å²) in [5.41, 5.74) is 7.27. The van der Waals surface area contributed by atoms with E-state index in [1.54, 1.807) is 29.3 Å². The summed E-state index contributed by atoms with van der Waals surface area (Å²) >= 11 is 3.19. The molecule has 0 spiro atoms. The molecule has 19 heavy (non-hydrogen) atoms. The molecule has 100 valence electrons. The fourth-order valence-corrected chi connectivity index (χ4v) is 3.52. The van der Waals surface area contributed by atoms with E-state index in [-0.39, 0.29) is 6.04 Å². The van der Waals surface area contributed by atoms with Gasteiger partial charge in [-0.1, -0.05) is 6.92 Å². The van der Waals surface area contributed by atoms with Crippen LogP contribution in [-0.4, -0.2) is 25.4 Å². The van der Waals surface area contributed by atoms with Gasteiger partial charge in [-0.3, -0.25) is 4.40 Å². The Hall–Kier alpha value is -1.31. The van der Waals surface area contributed by atoms with Gasteiger partial charge in [0.25, 0.3) is 0 Å². The van der Waals surface area contributed by atoms with Crippen LogP contribution in [0.5, 0.6) is 0 Å². The molecular formula is C12H15N5S2. The van der Waals surface area contributed by atoms with Crippen molar-refractivity contribution in [2.75, 3.05) is 0 Å². The number of aromatic nitrogens is 4. The molecule has 0 fully saturated rings. The van der Waals surface area contributed by atoms with Crippen molar-refractivity contribution in [1.29, 1.82) is 0 Å². The van der Waals surface area contributed by atoms with E-state index in [1.807, 2.05) is 11.6 Å². The first-order chi connectivity index (χ1) is 9.28. The molecular weight excluding hydrogens is 278 g/mol. The Morgan fingerprint density at radius 2 is 2.47 bits per heavy atom. The zero-order valence-corrected chi connectivity index (χ0v) is 12.2. The third kappa shape index (κ3) is 2.54. The van der Waals surface area contributed by atoms with Crippen molar-refractivity contribution in [1.82, 2.24) is 19.4 Å². The first kappa shape index (κ1) is 12.7. The van der Waals surface area contributed by atoms with Gasteiger partial charge in [-0.2, -0.15) is 0 Å². The standard InChI is InChI=1S/C12H15N5S2/c1-2-8(13)7-9-10(19-11-14-3-4-15-11)16-12-17(9)5-6-18-12/h3-6,8H,2,7,13H2,1H3,(H,14,15).